The molecule has 2 aromatic rings. The van der Waals surface area contributed by atoms with E-state index in [0.29, 0.717) is 0 Å². The number of hydrogen-bond donors (Lipinski definition) is 1. The number of fused-ring (bicyclic) bond motifs is 2. The monoisotopic (exact) mass is 308 g/mol. The van der Waals surface area contributed by atoms with Crippen LogP contribution in [0.2, 0.25) is 0 Å². The lowest BCUT2D eigenvalue weighted by molar-refractivity contribution is -0.117. The zero-order chi connectivity index (χ0) is 16.2. The number of aromatic nitrogens is 1. The predicted octanol–water partition coefficient (Wildman–Crippen LogP) is 2.54. The lowest BCUT2D eigenvalue weighted by atomic mass is 9.95. The fraction of sp³-hybridized carbons (Fsp3) is 0.368. The van der Waals surface area contributed by atoms with E-state index in [4.69, 9.17) is 0 Å². The molecular weight excluding hydrogens is 288 g/mol. The second-order valence-corrected chi connectivity index (χ2v) is 6.88. The van der Waals surface area contributed by atoms with Crippen molar-refractivity contribution in [1.29, 1.82) is 0 Å². The molecule has 1 spiro atoms. The van der Waals surface area contributed by atoms with Crippen LogP contribution < -0.4 is 10.9 Å². The van der Waals surface area contributed by atoms with Gasteiger partial charge in [0.05, 0.1) is 5.69 Å². The summed E-state index contributed by atoms with van der Waals surface area (Å²) in [5, 5.41) is 3.02. The maximum absolute atomic E-state index is 12.7. The molecule has 2 aliphatic rings. The van der Waals surface area contributed by atoms with Crippen LogP contribution in [0.15, 0.2) is 41.3 Å². The zero-order valence-corrected chi connectivity index (χ0v) is 13.4. The predicted molar refractivity (Wildman–Crippen MR) is 89.6 cm³/mol. The smallest absolute Gasteiger partial charge is 0.250 e. The highest BCUT2D eigenvalue weighted by molar-refractivity contribution is 5.96. The zero-order valence-electron chi connectivity index (χ0n) is 13.4. The van der Waals surface area contributed by atoms with Gasteiger partial charge < -0.3 is 9.88 Å². The van der Waals surface area contributed by atoms with Crippen molar-refractivity contribution in [2.24, 2.45) is 13.0 Å². The van der Waals surface area contributed by atoms with E-state index in [1.54, 1.807) is 19.3 Å². The van der Waals surface area contributed by atoms with E-state index in [0.717, 1.165) is 30.5 Å². The summed E-state index contributed by atoms with van der Waals surface area (Å²) in [5.41, 5.74) is 4.27. The molecule has 0 radical (unpaired) electrons. The second kappa shape index (κ2) is 4.82. The lowest BCUT2D eigenvalue weighted by Gasteiger charge is -2.13. The van der Waals surface area contributed by atoms with E-state index in [9.17, 15) is 9.59 Å². The van der Waals surface area contributed by atoms with Gasteiger partial charge in [0.15, 0.2) is 0 Å². The van der Waals surface area contributed by atoms with Crippen LogP contribution >= 0.6 is 0 Å². The minimum absolute atomic E-state index is 0.0442. The number of hydrogen-bond acceptors (Lipinski definition) is 2. The summed E-state index contributed by atoms with van der Waals surface area (Å²) >= 11 is 0. The van der Waals surface area contributed by atoms with Gasteiger partial charge in [0.25, 0.3) is 5.56 Å². The average molecular weight is 308 g/mol. The Morgan fingerprint density at radius 1 is 1.35 bits per heavy atom. The maximum atomic E-state index is 12.7. The molecule has 1 saturated carbocycles. The average Bonchev–Trinajstić information content (AvgIpc) is 3.15. The Morgan fingerprint density at radius 2 is 2.13 bits per heavy atom. The Morgan fingerprint density at radius 3 is 2.96 bits per heavy atom. The Labute approximate surface area is 135 Å². The van der Waals surface area contributed by atoms with Crippen molar-refractivity contribution < 1.29 is 4.79 Å². The first-order chi connectivity index (χ1) is 11.0. The first kappa shape index (κ1) is 14.2. The van der Waals surface area contributed by atoms with Crippen LogP contribution in [0.4, 0.5) is 5.69 Å². The van der Waals surface area contributed by atoms with Crippen LogP contribution in [0.1, 0.15) is 29.5 Å². The van der Waals surface area contributed by atoms with E-state index in [2.05, 4.69) is 29.6 Å². The molecule has 1 fully saturated rings. The number of nitrogens with zero attached hydrogens (tertiary/aromatic N) is 1. The number of aryl methyl sites for hydroxylation is 3. The van der Waals surface area contributed by atoms with E-state index >= 15 is 0 Å². The van der Waals surface area contributed by atoms with Crippen LogP contribution in [0.5, 0.6) is 0 Å². The molecule has 4 heteroatoms. The Kier molecular flexibility index (Phi) is 2.98. The molecule has 1 aromatic carbocycles. The Hall–Kier alpha value is -2.36. The van der Waals surface area contributed by atoms with Crippen LogP contribution in [-0.4, -0.2) is 10.5 Å². The number of carbonyl (C=O) groups excluding carboxylic acids is 1. The van der Waals surface area contributed by atoms with Crippen molar-refractivity contribution in [2.45, 2.75) is 31.6 Å². The molecule has 1 aromatic heterocycles. The topological polar surface area (TPSA) is 51.1 Å². The first-order valence-corrected chi connectivity index (χ1v) is 8.08. The van der Waals surface area contributed by atoms with Gasteiger partial charge >= 0.3 is 0 Å². The summed E-state index contributed by atoms with van der Waals surface area (Å²) < 4.78 is 1.50. The van der Waals surface area contributed by atoms with Gasteiger partial charge in [-0.25, -0.2) is 0 Å². The lowest BCUT2D eigenvalue weighted by Crippen LogP contribution is -2.23. The summed E-state index contributed by atoms with van der Waals surface area (Å²) in [6.07, 6.45) is 4.77. The minimum atomic E-state index is -0.0619. The third-order valence-corrected chi connectivity index (χ3v) is 5.48. The molecule has 4 nitrogen and oxygen atoms in total. The molecule has 2 atom stereocenters. The van der Waals surface area contributed by atoms with E-state index in [1.807, 2.05) is 6.92 Å². The van der Waals surface area contributed by atoms with Crippen molar-refractivity contribution in [3.63, 3.8) is 0 Å². The number of pyridine rings is 1. The second-order valence-electron chi connectivity index (χ2n) is 6.88. The largest absolute Gasteiger partial charge is 0.324 e. The Bertz CT molecular complexity index is 868. The minimum Gasteiger partial charge on any atom is -0.324 e. The summed E-state index contributed by atoms with van der Waals surface area (Å²) in [6.45, 7) is 1.85. The molecule has 4 rings (SSSR count). The Balaban J connectivity index is 1.57. The quantitative estimate of drug-likeness (QED) is 0.927. The maximum Gasteiger partial charge on any atom is 0.250 e. The first-order valence-electron chi connectivity index (χ1n) is 8.08. The molecule has 23 heavy (non-hydrogen) atoms. The van der Waals surface area contributed by atoms with Crippen molar-refractivity contribution in [1.82, 2.24) is 4.57 Å². The fourth-order valence-corrected chi connectivity index (χ4v) is 4.01. The van der Waals surface area contributed by atoms with Crippen LogP contribution in [0.3, 0.4) is 0 Å². The number of carbonyl (C=O) groups is 1. The van der Waals surface area contributed by atoms with Crippen LogP contribution in [-0.2, 0) is 23.7 Å². The van der Waals surface area contributed by atoms with E-state index < -0.39 is 0 Å². The number of benzene rings is 1. The number of nitrogens with one attached hydrogen (secondary N) is 1. The molecule has 0 aliphatic heterocycles. The van der Waals surface area contributed by atoms with Gasteiger partial charge in [-0.05, 0) is 42.9 Å². The van der Waals surface area contributed by atoms with Gasteiger partial charge in [-0.2, -0.15) is 0 Å². The molecule has 118 valence electrons. The van der Waals surface area contributed by atoms with Gasteiger partial charge in [-0.1, -0.05) is 24.3 Å². The molecule has 0 saturated heterocycles. The summed E-state index contributed by atoms with van der Waals surface area (Å²) in [6, 6.07) is 10.0. The van der Waals surface area contributed by atoms with Crippen molar-refractivity contribution in [3.8, 4) is 0 Å². The van der Waals surface area contributed by atoms with Crippen LogP contribution in [0, 0.1) is 12.8 Å². The number of amides is 1. The standard InChI is InChI=1S/C19H20N2O2/c1-12-9-17(22)21(2)11-16(12)20-18(23)15-10-19(15)8-7-13-5-3-4-6-14(13)19/h3-6,9,11,15H,7-8,10H2,1-2H3,(H,20,23)/t15-,19+/m0/s1. The summed E-state index contributed by atoms with van der Waals surface area (Å²) in [4.78, 5) is 24.3. The highest BCUT2D eigenvalue weighted by Crippen LogP contribution is 2.61. The van der Waals surface area contributed by atoms with E-state index in [1.165, 1.54) is 15.7 Å². The number of anilines is 1. The van der Waals surface area contributed by atoms with E-state index in [-0.39, 0.29) is 22.8 Å². The third kappa shape index (κ3) is 2.12. The highest BCUT2D eigenvalue weighted by Gasteiger charge is 2.61. The summed E-state index contributed by atoms with van der Waals surface area (Å²) in [7, 11) is 1.70. The van der Waals surface area contributed by atoms with Gasteiger partial charge in [-0.3, -0.25) is 9.59 Å². The molecule has 2 aliphatic carbocycles. The molecular formula is C19H20N2O2. The molecule has 0 bridgehead atoms. The number of rotatable bonds is 2. The normalized spacial score (nSPS) is 24.5. The van der Waals surface area contributed by atoms with Gasteiger partial charge in [0.1, 0.15) is 0 Å². The molecule has 1 heterocycles. The van der Waals surface area contributed by atoms with Crippen molar-refractivity contribution in [2.75, 3.05) is 5.32 Å². The third-order valence-electron chi connectivity index (χ3n) is 5.48. The van der Waals surface area contributed by atoms with Crippen molar-refractivity contribution in [3.05, 3.63) is 63.6 Å². The van der Waals surface area contributed by atoms with Crippen molar-refractivity contribution >= 4 is 11.6 Å². The van der Waals surface area contributed by atoms with Gasteiger partial charge in [-0.15, -0.1) is 0 Å². The summed E-state index contributed by atoms with van der Waals surface area (Å²) in [5.74, 6) is 0.117. The SMILES string of the molecule is Cc1cc(=O)n(C)cc1NC(=O)[C@@H]1C[C@@]12CCc1ccccc12. The highest BCUT2D eigenvalue weighted by atomic mass is 16.2. The van der Waals surface area contributed by atoms with Gasteiger partial charge in [0.2, 0.25) is 5.91 Å². The molecule has 1 amide bonds. The molecule has 0 unspecified atom stereocenters. The molecule has 1 N–H and O–H groups in total. The van der Waals surface area contributed by atoms with Gasteiger partial charge in [0, 0.05) is 30.6 Å². The van der Waals surface area contributed by atoms with Crippen LogP contribution in [0.25, 0.3) is 0 Å². The fourth-order valence-electron chi connectivity index (χ4n) is 4.01.